The minimum absolute atomic E-state index is 0.0981. The molecule has 3 heteroatoms. The maximum absolute atomic E-state index is 6.50. The third-order valence-electron chi connectivity index (χ3n) is 6.76. The summed E-state index contributed by atoms with van der Waals surface area (Å²) < 4.78 is 6.50. The molecule has 5 rings (SSSR count). The number of nitrogens with one attached hydrogen (secondary N) is 1. The van der Waals surface area contributed by atoms with Crippen molar-refractivity contribution in [2.24, 2.45) is 5.92 Å². The van der Waals surface area contributed by atoms with Crippen molar-refractivity contribution in [2.75, 3.05) is 19.6 Å². The Kier molecular flexibility index (Phi) is 3.64. The molecule has 1 aromatic carbocycles. The van der Waals surface area contributed by atoms with Crippen LogP contribution in [0.25, 0.3) is 0 Å². The van der Waals surface area contributed by atoms with Crippen molar-refractivity contribution in [3.8, 4) is 5.75 Å². The van der Waals surface area contributed by atoms with Gasteiger partial charge < -0.3 is 15.0 Å². The van der Waals surface area contributed by atoms with Crippen molar-refractivity contribution < 1.29 is 4.74 Å². The summed E-state index contributed by atoms with van der Waals surface area (Å²) in [6, 6.07) is 8.42. The molecule has 3 nitrogen and oxygen atoms in total. The molecule has 2 atom stereocenters. The first kappa shape index (κ1) is 15.2. The van der Waals surface area contributed by atoms with Crippen LogP contribution in [0.15, 0.2) is 18.2 Å². The Hall–Kier alpha value is -1.06. The van der Waals surface area contributed by atoms with Crippen molar-refractivity contribution in [1.82, 2.24) is 10.2 Å². The summed E-state index contributed by atoms with van der Waals surface area (Å²) >= 11 is 0. The van der Waals surface area contributed by atoms with Crippen molar-refractivity contribution in [1.29, 1.82) is 0 Å². The van der Waals surface area contributed by atoms with Gasteiger partial charge in [0.1, 0.15) is 11.4 Å². The standard InChI is InChI=1S/C21H30N2O/c1-15-2-6-19(22-14-15)16-3-7-20-17(12-16)13-21(24-20)8-10-23(11-9-21)18-4-5-18/h3,7,12,15,18-19,22H,2,4-6,8-11,13-14H2,1H3/t15-,19?/m0/s1. The van der Waals surface area contributed by atoms with Crippen LogP contribution in [0.4, 0.5) is 0 Å². The second-order valence-electron chi connectivity index (χ2n) is 8.74. The fourth-order valence-electron chi connectivity index (χ4n) is 4.97. The first-order valence-corrected chi connectivity index (χ1v) is 10.0. The van der Waals surface area contributed by atoms with Gasteiger partial charge in [0, 0.05) is 44.4 Å². The SMILES string of the molecule is C[C@H]1CCC(c2ccc3c(c2)CC2(CCN(C4CC4)CC2)O3)NC1. The van der Waals surface area contributed by atoms with Gasteiger partial charge in [-0.1, -0.05) is 19.1 Å². The Bertz CT molecular complexity index is 608. The zero-order valence-corrected chi connectivity index (χ0v) is 14.9. The van der Waals surface area contributed by atoms with Gasteiger partial charge in [-0.05, 0) is 55.3 Å². The minimum atomic E-state index is 0.0981. The van der Waals surface area contributed by atoms with E-state index in [4.69, 9.17) is 4.74 Å². The molecule has 0 aromatic heterocycles. The van der Waals surface area contributed by atoms with Gasteiger partial charge in [-0.2, -0.15) is 0 Å². The van der Waals surface area contributed by atoms with Crippen LogP contribution in [0.3, 0.4) is 0 Å². The summed E-state index contributed by atoms with van der Waals surface area (Å²) in [5, 5.41) is 3.73. The van der Waals surface area contributed by atoms with E-state index in [1.807, 2.05) is 0 Å². The van der Waals surface area contributed by atoms with Crippen LogP contribution >= 0.6 is 0 Å². The molecular weight excluding hydrogens is 296 g/mol. The third kappa shape index (κ3) is 2.76. The van der Waals surface area contributed by atoms with Gasteiger partial charge in [-0.15, -0.1) is 0 Å². The number of piperidine rings is 2. The number of hydrogen-bond acceptors (Lipinski definition) is 3. The van der Waals surface area contributed by atoms with E-state index in [0.717, 1.165) is 30.7 Å². The maximum Gasteiger partial charge on any atom is 0.123 e. The topological polar surface area (TPSA) is 24.5 Å². The lowest BCUT2D eigenvalue weighted by Crippen LogP contribution is -2.47. The number of hydrogen-bond donors (Lipinski definition) is 1. The molecule has 0 bridgehead atoms. The van der Waals surface area contributed by atoms with Gasteiger partial charge in [0.05, 0.1) is 0 Å². The molecule has 3 heterocycles. The number of fused-ring (bicyclic) bond motifs is 1. The quantitative estimate of drug-likeness (QED) is 0.897. The minimum Gasteiger partial charge on any atom is -0.487 e. The number of ether oxygens (including phenoxy) is 1. The van der Waals surface area contributed by atoms with Crippen molar-refractivity contribution >= 4 is 0 Å². The highest BCUT2D eigenvalue weighted by Crippen LogP contribution is 2.43. The molecule has 24 heavy (non-hydrogen) atoms. The molecule has 1 aliphatic carbocycles. The average Bonchev–Trinajstić information content (AvgIpc) is 3.37. The number of benzene rings is 1. The van der Waals surface area contributed by atoms with Crippen LogP contribution in [-0.2, 0) is 6.42 Å². The van der Waals surface area contributed by atoms with Crippen molar-refractivity contribution in [2.45, 2.75) is 69.6 Å². The Morgan fingerprint density at radius 2 is 1.96 bits per heavy atom. The molecule has 2 saturated heterocycles. The lowest BCUT2D eigenvalue weighted by atomic mass is 9.86. The zero-order valence-electron chi connectivity index (χ0n) is 14.9. The van der Waals surface area contributed by atoms with Crippen LogP contribution in [0.1, 0.15) is 62.6 Å². The van der Waals surface area contributed by atoms with E-state index >= 15 is 0 Å². The van der Waals surface area contributed by atoms with E-state index in [0.29, 0.717) is 6.04 Å². The summed E-state index contributed by atoms with van der Waals surface area (Å²) in [6.45, 7) is 5.96. The fraction of sp³-hybridized carbons (Fsp3) is 0.714. The van der Waals surface area contributed by atoms with Gasteiger partial charge in [-0.3, -0.25) is 0 Å². The van der Waals surface area contributed by atoms with E-state index in [9.17, 15) is 0 Å². The van der Waals surface area contributed by atoms with E-state index in [2.05, 4.69) is 35.3 Å². The fourth-order valence-corrected chi connectivity index (χ4v) is 4.97. The molecule has 1 aromatic rings. The lowest BCUT2D eigenvalue weighted by molar-refractivity contribution is 0.0170. The summed E-state index contributed by atoms with van der Waals surface area (Å²) in [5.74, 6) is 1.97. The first-order valence-electron chi connectivity index (χ1n) is 10.0. The van der Waals surface area contributed by atoms with Gasteiger partial charge in [0.2, 0.25) is 0 Å². The van der Waals surface area contributed by atoms with Crippen LogP contribution < -0.4 is 10.1 Å². The Labute approximate surface area is 145 Å². The predicted molar refractivity (Wildman–Crippen MR) is 96.5 cm³/mol. The van der Waals surface area contributed by atoms with Crippen LogP contribution in [0, 0.1) is 5.92 Å². The molecular formula is C21H30N2O. The number of likely N-dealkylation sites (tertiary alicyclic amines) is 1. The Morgan fingerprint density at radius 3 is 2.67 bits per heavy atom. The lowest BCUT2D eigenvalue weighted by Gasteiger charge is -2.38. The molecule has 130 valence electrons. The maximum atomic E-state index is 6.50. The van der Waals surface area contributed by atoms with Gasteiger partial charge in [0.15, 0.2) is 0 Å². The summed E-state index contributed by atoms with van der Waals surface area (Å²) in [4.78, 5) is 2.69. The smallest absolute Gasteiger partial charge is 0.123 e. The second-order valence-corrected chi connectivity index (χ2v) is 8.74. The summed E-state index contributed by atoms with van der Waals surface area (Å²) in [5.41, 5.74) is 3.02. The Balaban J connectivity index is 1.28. The average molecular weight is 326 g/mol. The molecule has 3 fully saturated rings. The van der Waals surface area contributed by atoms with Gasteiger partial charge in [0.25, 0.3) is 0 Å². The van der Waals surface area contributed by atoms with E-state index < -0.39 is 0 Å². The largest absolute Gasteiger partial charge is 0.487 e. The van der Waals surface area contributed by atoms with Crippen molar-refractivity contribution in [3.63, 3.8) is 0 Å². The molecule has 0 amide bonds. The zero-order chi connectivity index (χ0) is 16.1. The van der Waals surface area contributed by atoms with Crippen LogP contribution in [0.2, 0.25) is 0 Å². The predicted octanol–water partition coefficient (Wildman–Crippen LogP) is 3.68. The highest BCUT2D eigenvalue weighted by atomic mass is 16.5. The Morgan fingerprint density at radius 1 is 1.12 bits per heavy atom. The number of rotatable bonds is 2. The van der Waals surface area contributed by atoms with Crippen LogP contribution in [0.5, 0.6) is 5.75 Å². The third-order valence-corrected chi connectivity index (χ3v) is 6.76. The summed E-state index contributed by atoms with van der Waals surface area (Å²) in [7, 11) is 0. The van der Waals surface area contributed by atoms with E-state index in [1.165, 1.54) is 62.7 Å². The highest BCUT2D eigenvalue weighted by Gasteiger charge is 2.44. The molecule has 1 N–H and O–H groups in total. The monoisotopic (exact) mass is 326 g/mol. The van der Waals surface area contributed by atoms with Gasteiger partial charge >= 0.3 is 0 Å². The molecule has 1 unspecified atom stereocenters. The van der Waals surface area contributed by atoms with E-state index in [-0.39, 0.29) is 5.60 Å². The summed E-state index contributed by atoms with van der Waals surface area (Å²) in [6.07, 6.45) is 8.97. The molecule has 4 aliphatic rings. The molecule has 3 aliphatic heterocycles. The van der Waals surface area contributed by atoms with Crippen LogP contribution in [-0.4, -0.2) is 36.2 Å². The normalized spacial score (nSPS) is 32.5. The highest BCUT2D eigenvalue weighted by molar-refractivity contribution is 5.43. The number of nitrogens with zero attached hydrogens (tertiary/aromatic N) is 1. The van der Waals surface area contributed by atoms with Gasteiger partial charge in [-0.25, -0.2) is 0 Å². The molecule has 1 saturated carbocycles. The molecule has 0 radical (unpaired) electrons. The van der Waals surface area contributed by atoms with E-state index in [1.54, 1.807) is 0 Å². The second kappa shape index (κ2) is 5.74. The molecule has 1 spiro atoms. The van der Waals surface area contributed by atoms with Crippen molar-refractivity contribution in [3.05, 3.63) is 29.3 Å². The first-order chi connectivity index (χ1) is 11.7.